The maximum Gasteiger partial charge on any atom is 0.143 e. The van der Waals surface area contributed by atoms with Crippen molar-refractivity contribution in [2.45, 2.75) is 19.3 Å². The van der Waals surface area contributed by atoms with Gasteiger partial charge >= 0.3 is 0 Å². The van der Waals surface area contributed by atoms with Gasteiger partial charge < -0.3 is 4.42 Å². The van der Waals surface area contributed by atoms with Crippen LogP contribution in [0.15, 0.2) is 174 Å². The molecule has 0 fully saturated rings. The Hall–Kier alpha value is -6.44. The van der Waals surface area contributed by atoms with E-state index in [9.17, 15) is 0 Å². The quantitative estimate of drug-likeness (QED) is 0.172. The van der Waals surface area contributed by atoms with Crippen molar-refractivity contribution in [3.63, 3.8) is 0 Å². The summed E-state index contributed by atoms with van der Waals surface area (Å²) in [6.07, 6.45) is 0. The fraction of sp³-hybridized carbons (Fsp3) is 0.0588. The third-order valence-corrected chi connectivity index (χ3v) is 11.6. The number of fused-ring (bicyclic) bond motifs is 11. The van der Waals surface area contributed by atoms with Gasteiger partial charge in [0, 0.05) is 21.6 Å². The summed E-state index contributed by atoms with van der Waals surface area (Å²) in [4.78, 5) is 0. The van der Waals surface area contributed by atoms with E-state index >= 15 is 0 Å². The normalized spacial score (nSPS) is 13.3. The van der Waals surface area contributed by atoms with E-state index in [4.69, 9.17) is 4.42 Å². The molecule has 0 radical (unpaired) electrons. The van der Waals surface area contributed by atoms with Gasteiger partial charge in [-0.05, 0) is 101 Å². The molecule has 52 heavy (non-hydrogen) atoms. The van der Waals surface area contributed by atoms with Gasteiger partial charge in [-0.25, -0.2) is 0 Å². The second-order valence-corrected chi connectivity index (χ2v) is 14.8. The SMILES string of the molecule is CC1(C)c2ccc(-c3ccc(-c4c5ccccc5c(-c5ccccc5)c5ccccc45)cc3)cc2-c2ccc3ccc4c5ccccc5oc4c3c21. The molecular formula is C51H34O. The average molecular weight is 663 g/mol. The first-order valence-corrected chi connectivity index (χ1v) is 18.2. The lowest BCUT2D eigenvalue weighted by Gasteiger charge is -2.23. The van der Waals surface area contributed by atoms with Crippen molar-refractivity contribution in [3.05, 3.63) is 181 Å². The number of para-hydroxylation sites is 1. The number of benzene rings is 9. The first kappa shape index (κ1) is 29.3. The minimum absolute atomic E-state index is 0.173. The Bertz CT molecular complexity index is 3010. The van der Waals surface area contributed by atoms with Crippen molar-refractivity contribution >= 4 is 54.3 Å². The summed E-state index contributed by atoms with van der Waals surface area (Å²) < 4.78 is 6.61. The standard InChI is InChI=1S/C51H34O/c1-51(2)44-29-26-35(30-43(44)41-27-24-34-25-28-42-36-14-10-11-19-45(36)52-50(42)48(34)49(41)51)31-20-22-33(23-21-31)47-39-17-8-6-15-37(39)46(32-12-4-3-5-13-32)38-16-7-9-18-40(38)47/h3-30H,1-2H3. The van der Waals surface area contributed by atoms with Crippen LogP contribution in [0.3, 0.4) is 0 Å². The minimum atomic E-state index is -0.173. The van der Waals surface area contributed by atoms with E-state index in [1.54, 1.807) is 0 Å². The van der Waals surface area contributed by atoms with E-state index < -0.39 is 0 Å². The number of furan rings is 1. The molecule has 0 saturated carbocycles. The molecule has 1 nitrogen and oxygen atoms in total. The molecular weight excluding hydrogens is 629 g/mol. The zero-order valence-electron chi connectivity index (χ0n) is 29.1. The maximum absolute atomic E-state index is 6.61. The Morgan fingerprint density at radius 1 is 0.404 bits per heavy atom. The highest BCUT2D eigenvalue weighted by atomic mass is 16.3. The molecule has 0 atom stereocenters. The lowest BCUT2D eigenvalue weighted by Crippen LogP contribution is -2.15. The van der Waals surface area contributed by atoms with Crippen LogP contribution < -0.4 is 0 Å². The monoisotopic (exact) mass is 662 g/mol. The highest BCUT2D eigenvalue weighted by molar-refractivity contribution is 6.21. The van der Waals surface area contributed by atoms with E-state index in [1.165, 1.54) is 98.7 Å². The van der Waals surface area contributed by atoms with Gasteiger partial charge in [-0.15, -0.1) is 0 Å². The molecule has 0 saturated heterocycles. The van der Waals surface area contributed by atoms with E-state index in [0.717, 1.165) is 11.2 Å². The average Bonchev–Trinajstić information content (AvgIpc) is 3.69. The van der Waals surface area contributed by atoms with E-state index in [-0.39, 0.29) is 5.41 Å². The molecule has 9 aromatic carbocycles. The topological polar surface area (TPSA) is 13.1 Å². The minimum Gasteiger partial charge on any atom is -0.455 e. The van der Waals surface area contributed by atoms with Crippen LogP contribution in [-0.4, -0.2) is 0 Å². The Labute approximate surface area is 302 Å². The van der Waals surface area contributed by atoms with Crippen LogP contribution in [0.5, 0.6) is 0 Å². The molecule has 1 aromatic heterocycles. The van der Waals surface area contributed by atoms with Crippen LogP contribution in [0.25, 0.3) is 98.8 Å². The molecule has 0 amide bonds. The zero-order valence-corrected chi connectivity index (χ0v) is 29.1. The summed E-state index contributed by atoms with van der Waals surface area (Å²) in [5.74, 6) is 0. The van der Waals surface area contributed by atoms with Gasteiger partial charge in [0.1, 0.15) is 11.2 Å². The molecule has 244 valence electrons. The molecule has 1 aliphatic rings. The van der Waals surface area contributed by atoms with Crippen LogP contribution in [0.1, 0.15) is 25.0 Å². The molecule has 0 aliphatic heterocycles. The Morgan fingerprint density at radius 3 is 1.62 bits per heavy atom. The molecule has 1 heteroatoms. The van der Waals surface area contributed by atoms with Crippen molar-refractivity contribution < 1.29 is 4.42 Å². The van der Waals surface area contributed by atoms with Crippen LogP contribution in [-0.2, 0) is 5.41 Å². The predicted octanol–water partition coefficient (Wildman–Crippen LogP) is 14.4. The second-order valence-electron chi connectivity index (χ2n) is 14.8. The van der Waals surface area contributed by atoms with Crippen LogP contribution >= 0.6 is 0 Å². The van der Waals surface area contributed by atoms with Gasteiger partial charge in [0.2, 0.25) is 0 Å². The van der Waals surface area contributed by atoms with E-state index in [2.05, 4.69) is 184 Å². The van der Waals surface area contributed by atoms with Crippen molar-refractivity contribution in [1.29, 1.82) is 0 Å². The highest BCUT2D eigenvalue weighted by Crippen LogP contribution is 2.54. The summed E-state index contributed by atoms with van der Waals surface area (Å²) in [6.45, 7) is 4.73. The van der Waals surface area contributed by atoms with Crippen molar-refractivity contribution in [2.75, 3.05) is 0 Å². The smallest absolute Gasteiger partial charge is 0.143 e. The molecule has 11 rings (SSSR count). The summed E-state index contributed by atoms with van der Waals surface area (Å²) in [6, 6.07) is 62.3. The second kappa shape index (κ2) is 10.8. The van der Waals surface area contributed by atoms with Crippen molar-refractivity contribution in [2.24, 2.45) is 0 Å². The molecule has 1 aliphatic carbocycles. The molecule has 0 spiro atoms. The lowest BCUT2D eigenvalue weighted by molar-refractivity contribution is 0.656. The largest absolute Gasteiger partial charge is 0.455 e. The third kappa shape index (κ3) is 4.05. The fourth-order valence-electron chi connectivity index (χ4n) is 9.28. The first-order valence-electron chi connectivity index (χ1n) is 18.2. The first-order chi connectivity index (χ1) is 25.6. The fourth-order valence-corrected chi connectivity index (χ4v) is 9.28. The molecule has 1 heterocycles. The molecule has 0 unspecified atom stereocenters. The zero-order chi connectivity index (χ0) is 34.6. The summed E-state index contributed by atoms with van der Waals surface area (Å²) in [7, 11) is 0. The van der Waals surface area contributed by atoms with E-state index in [0.29, 0.717) is 0 Å². The van der Waals surface area contributed by atoms with Gasteiger partial charge in [0.15, 0.2) is 0 Å². The third-order valence-electron chi connectivity index (χ3n) is 11.6. The predicted molar refractivity (Wildman–Crippen MR) is 220 cm³/mol. The highest BCUT2D eigenvalue weighted by Gasteiger charge is 2.38. The van der Waals surface area contributed by atoms with Gasteiger partial charge in [-0.3, -0.25) is 0 Å². The summed E-state index contributed by atoms with van der Waals surface area (Å²) >= 11 is 0. The van der Waals surface area contributed by atoms with Crippen molar-refractivity contribution in [3.8, 4) is 44.5 Å². The van der Waals surface area contributed by atoms with Crippen LogP contribution in [0.2, 0.25) is 0 Å². The van der Waals surface area contributed by atoms with Gasteiger partial charge in [0.25, 0.3) is 0 Å². The number of hydrogen-bond acceptors (Lipinski definition) is 1. The number of hydrogen-bond donors (Lipinski definition) is 0. The number of rotatable bonds is 3. The molecule has 0 bridgehead atoms. The molecule has 10 aromatic rings. The summed E-state index contributed by atoms with van der Waals surface area (Å²) in [5, 5.41) is 9.90. The van der Waals surface area contributed by atoms with Gasteiger partial charge in [0.05, 0.1) is 0 Å². The van der Waals surface area contributed by atoms with Crippen molar-refractivity contribution in [1.82, 2.24) is 0 Å². The maximum atomic E-state index is 6.61. The van der Waals surface area contributed by atoms with E-state index in [1.807, 2.05) is 0 Å². The Kier molecular flexibility index (Phi) is 6.08. The lowest BCUT2D eigenvalue weighted by atomic mass is 9.79. The van der Waals surface area contributed by atoms with Crippen LogP contribution in [0, 0.1) is 0 Å². The Morgan fingerprint density at radius 2 is 0.942 bits per heavy atom. The molecule has 0 N–H and O–H groups in total. The summed E-state index contributed by atoms with van der Waals surface area (Å²) in [5.41, 5.74) is 14.6. The Balaban J connectivity index is 1.06. The van der Waals surface area contributed by atoms with Crippen LogP contribution in [0.4, 0.5) is 0 Å². The van der Waals surface area contributed by atoms with Gasteiger partial charge in [-0.2, -0.15) is 0 Å². The van der Waals surface area contributed by atoms with Gasteiger partial charge in [-0.1, -0.05) is 166 Å².